The number of nitrogens with one attached hydrogen (secondary N) is 1. The van der Waals surface area contributed by atoms with E-state index in [1.807, 2.05) is 20.8 Å². The highest BCUT2D eigenvalue weighted by Crippen LogP contribution is 2.48. The normalized spacial score (nSPS) is 31.7. The minimum atomic E-state index is -2.87. The molecule has 0 amide bonds. The molecule has 2 aromatic rings. The van der Waals surface area contributed by atoms with Gasteiger partial charge in [-0.05, 0) is 124 Å². The maximum atomic E-state index is 14.3. The minimum absolute atomic E-state index is 0.0315. The first-order valence-corrected chi connectivity index (χ1v) is 31.0. The monoisotopic (exact) mass is 1120 g/mol. The number of ether oxygens (including phenoxy) is 8. The number of hydrogen-bond acceptors (Lipinski definition) is 14. The quantitative estimate of drug-likeness (QED) is 0.0522. The maximum absolute atomic E-state index is 14.3. The molecule has 4 saturated heterocycles. The highest BCUT2D eigenvalue weighted by molar-refractivity contribution is 6.99. The second-order valence-electron chi connectivity index (χ2n) is 25.1. The van der Waals surface area contributed by atoms with Crippen molar-refractivity contribution in [2.45, 2.75) is 211 Å². The molecule has 15 nitrogen and oxygen atoms in total. The summed E-state index contributed by atoms with van der Waals surface area (Å²) >= 11 is 0. The number of esters is 1. The van der Waals surface area contributed by atoms with Crippen molar-refractivity contribution in [2.24, 2.45) is 29.6 Å². The fraction of sp³-hybridized carbons (Fsp3) is 0.683. The Bertz CT molecular complexity index is 2380. The van der Waals surface area contributed by atoms with E-state index in [0.717, 1.165) is 49.8 Å². The van der Waals surface area contributed by atoms with Crippen molar-refractivity contribution in [3.8, 4) is 0 Å². The lowest BCUT2D eigenvalue weighted by molar-refractivity contribution is -0.419. The third-order valence-electron chi connectivity index (χ3n) is 17.5. The minimum Gasteiger partial charge on any atom is -0.475 e. The number of benzene rings is 2. The maximum Gasteiger partial charge on any atom is 0.375 e. The Labute approximate surface area is 471 Å². The summed E-state index contributed by atoms with van der Waals surface area (Å²) < 4.78 is 59.1. The molecule has 0 aromatic heterocycles. The van der Waals surface area contributed by atoms with Crippen LogP contribution in [0, 0.1) is 29.6 Å². The summed E-state index contributed by atoms with van der Waals surface area (Å²) in [7, 11) is 2.09. The number of hydrogen-bond donors (Lipinski definition) is 2. The number of carboxylic acid groups (broad SMARTS) is 1. The average Bonchev–Trinajstić information content (AvgIpc) is 3.43. The van der Waals surface area contributed by atoms with E-state index in [4.69, 9.17) is 42.3 Å². The zero-order chi connectivity index (χ0) is 57.5. The molecule has 5 fully saturated rings. The Morgan fingerprint density at radius 2 is 1.54 bits per heavy atom. The van der Waals surface area contributed by atoms with Crippen LogP contribution in [0.1, 0.15) is 140 Å². The van der Waals surface area contributed by atoms with Crippen molar-refractivity contribution in [3.63, 3.8) is 0 Å². The van der Waals surface area contributed by atoms with Gasteiger partial charge in [0, 0.05) is 46.0 Å². The zero-order valence-electron chi connectivity index (χ0n) is 49.5. The number of methoxy groups -OCH3 is 3. The van der Waals surface area contributed by atoms with Crippen LogP contribution in [-0.4, -0.2) is 138 Å². The van der Waals surface area contributed by atoms with Gasteiger partial charge in [-0.15, -0.1) is 0 Å². The van der Waals surface area contributed by atoms with Crippen LogP contribution in [-0.2, 0) is 61.5 Å². The van der Waals surface area contributed by atoms with Crippen molar-refractivity contribution < 1.29 is 66.6 Å². The number of carbonyl (C=O) groups is 4. The van der Waals surface area contributed by atoms with Gasteiger partial charge in [-0.25, -0.2) is 4.79 Å². The number of carbonyl (C=O) groups excluding carboxylic acids is 3. The first-order chi connectivity index (χ1) is 37.4. The summed E-state index contributed by atoms with van der Waals surface area (Å²) in [5.41, 5.74) is 1.96. The van der Waals surface area contributed by atoms with Gasteiger partial charge in [-0.3, -0.25) is 14.4 Å². The van der Waals surface area contributed by atoms with Crippen LogP contribution in [0.3, 0.4) is 0 Å². The van der Waals surface area contributed by atoms with Gasteiger partial charge in [-0.2, -0.15) is 0 Å². The van der Waals surface area contributed by atoms with E-state index in [1.165, 1.54) is 10.4 Å². The summed E-state index contributed by atoms with van der Waals surface area (Å²) in [5.74, 6) is -6.19. The summed E-state index contributed by atoms with van der Waals surface area (Å²) in [4.78, 5) is 52.0. The lowest BCUT2D eigenvalue weighted by Gasteiger charge is -2.53. The summed E-state index contributed by atoms with van der Waals surface area (Å²) in [6, 6.07) is 21.1. The Morgan fingerprint density at radius 3 is 2.13 bits per heavy atom. The van der Waals surface area contributed by atoms with Crippen LogP contribution < -0.4 is 15.7 Å². The van der Waals surface area contributed by atoms with Gasteiger partial charge in [0.15, 0.2) is 17.4 Å². The number of allylic oxidation sites excluding steroid dienone is 2. The molecule has 2 N–H and O–H groups in total. The van der Waals surface area contributed by atoms with Gasteiger partial charge in [0.05, 0.1) is 30.5 Å². The SMILES string of the molecule is CO[C@@H](C[C@@H](C)C/C(C)=C/[C@H]1CC(=O)CO[C@@]12C[C@@H]([C@@H](C)[C@H](OC(=O)[C@@H]1CCCCN1)/C(C)=C/[C@@H]1CC[C@@H](O[Si](c3ccccc3)(c3ccccc3)C(C)(C)C)[C@H](OC)C1)OC(C)(C)O2)[C@H]1O[C@@H](C(=O)C(=O)O)[C@H](C)C[C@@H]1OC. The Morgan fingerprint density at radius 1 is 0.886 bits per heavy atom. The molecular formula is C63H93NO14Si. The second-order valence-corrected chi connectivity index (χ2v) is 29.4. The molecule has 79 heavy (non-hydrogen) atoms. The smallest absolute Gasteiger partial charge is 0.375 e. The molecule has 0 radical (unpaired) electrons. The number of ketones is 2. The number of Topliss-reactive ketones (excluding diaryl/α,β-unsaturated/α-hetero) is 2. The van der Waals surface area contributed by atoms with E-state index in [1.54, 1.807) is 28.3 Å². The molecule has 0 unspecified atom stereocenters. The topological polar surface area (TPSA) is 184 Å². The van der Waals surface area contributed by atoms with Crippen molar-refractivity contribution in [1.82, 2.24) is 5.32 Å². The number of carboxylic acids is 1. The van der Waals surface area contributed by atoms with Crippen molar-refractivity contribution in [3.05, 3.63) is 84.0 Å². The van der Waals surface area contributed by atoms with Crippen LogP contribution in [0.15, 0.2) is 84.0 Å². The fourth-order valence-electron chi connectivity index (χ4n) is 13.7. The van der Waals surface area contributed by atoms with Crippen LogP contribution in [0.2, 0.25) is 5.04 Å². The van der Waals surface area contributed by atoms with Gasteiger partial charge in [0.25, 0.3) is 14.1 Å². The molecule has 438 valence electrons. The first kappa shape index (κ1) is 62.7. The molecule has 1 spiro atoms. The highest BCUT2D eigenvalue weighted by atomic mass is 28.4. The summed E-state index contributed by atoms with van der Waals surface area (Å²) in [6.45, 7) is 21.4. The van der Waals surface area contributed by atoms with Crippen molar-refractivity contribution in [2.75, 3.05) is 34.5 Å². The van der Waals surface area contributed by atoms with E-state index in [9.17, 15) is 24.3 Å². The van der Waals surface area contributed by atoms with E-state index in [0.29, 0.717) is 25.7 Å². The van der Waals surface area contributed by atoms with Gasteiger partial charge in [-0.1, -0.05) is 126 Å². The third kappa shape index (κ3) is 14.8. The Kier molecular flexibility index (Phi) is 21.4. The van der Waals surface area contributed by atoms with E-state index >= 15 is 0 Å². The van der Waals surface area contributed by atoms with Crippen LogP contribution >= 0.6 is 0 Å². The molecule has 1 saturated carbocycles. The van der Waals surface area contributed by atoms with E-state index in [2.05, 4.69) is 120 Å². The van der Waals surface area contributed by atoms with Gasteiger partial charge < -0.3 is 52.7 Å². The lowest BCUT2D eigenvalue weighted by atomic mass is 9.78. The standard InChI is InChI=1S/C63H93NO14Si/c1-39(30-40(2)32-52(71-12)58-53(72-13)34-42(4)57(74-58)55(66)59(67)68)31-45-36-46(65)38-73-63(45)37-54(76-62(9,10)78-63)43(5)56(75-60(69)49-26-20-21-29-64-49)41(3)33-44-27-28-50(51(35-44)70-11)77-79(61(6,7)8,47-22-16-14-17-23-47)48-24-18-15-19-25-48/h14-19,22-25,31,33,40,42-45,49-54,56-58,64H,20-21,26-30,32,34-38H2,1-13H3,(H,67,68)/b39-31+,41-33+/t40-,42+,43+,44-,45-,49-,50+,51+,52-,53-,54-,56+,57+,58+,63+/m0/s1. The molecule has 1 aliphatic carbocycles. The number of piperidine rings is 1. The Balaban J connectivity index is 1.12. The number of rotatable bonds is 21. The third-order valence-corrected chi connectivity index (χ3v) is 22.6. The van der Waals surface area contributed by atoms with Crippen molar-refractivity contribution in [1.29, 1.82) is 0 Å². The second kappa shape index (κ2) is 27.0. The molecule has 4 heterocycles. The van der Waals surface area contributed by atoms with Crippen molar-refractivity contribution >= 4 is 42.2 Å². The molecule has 7 rings (SSSR count). The van der Waals surface area contributed by atoms with Gasteiger partial charge in [0.1, 0.15) is 31.0 Å². The molecule has 5 aliphatic rings. The average molecular weight is 1120 g/mol. The van der Waals surface area contributed by atoms with E-state index in [-0.39, 0.29) is 72.1 Å². The first-order valence-electron chi connectivity index (χ1n) is 29.1. The molecule has 2 aromatic carbocycles. The number of aliphatic carboxylic acids is 1. The van der Waals surface area contributed by atoms with Gasteiger partial charge >= 0.3 is 11.9 Å². The Hall–Kier alpha value is -3.94. The molecular weight excluding hydrogens is 1020 g/mol. The fourth-order valence-corrected chi connectivity index (χ4v) is 18.4. The van der Waals surface area contributed by atoms with Crippen LogP contribution in [0.25, 0.3) is 0 Å². The molecule has 0 bridgehead atoms. The predicted octanol–water partition coefficient (Wildman–Crippen LogP) is 9.07. The van der Waals surface area contributed by atoms with Crippen LogP contribution in [0.5, 0.6) is 0 Å². The molecule has 4 aliphatic heterocycles. The summed E-state index contributed by atoms with van der Waals surface area (Å²) in [6.07, 6.45) is 7.39. The van der Waals surface area contributed by atoms with E-state index < -0.39 is 80.2 Å². The predicted molar refractivity (Wildman–Crippen MR) is 304 cm³/mol. The van der Waals surface area contributed by atoms with Gasteiger partial charge in [0.2, 0.25) is 0 Å². The summed E-state index contributed by atoms with van der Waals surface area (Å²) in [5, 5.41) is 15.2. The van der Waals surface area contributed by atoms with Crippen LogP contribution in [0.4, 0.5) is 0 Å². The molecule has 15 atom stereocenters. The molecule has 16 heteroatoms. The zero-order valence-corrected chi connectivity index (χ0v) is 50.5. The largest absolute Gasteiger partial charge is 0.475 e. The lowest BCUT2D eigenvalue weighted by Crippen LogP contribution is -2.68. The highest BCUT2D eigenvalue weighted by Gasteiger charge is 2.56.